The highest BCUT2D eigenvalue weighted by Gasteiger charge is 2.37. The molecule has 0 saturated heterocycles. The average Bonchev–Trinajstić information content (AvgIpc) is 3.38. The van der Waals surface area contributed by atoms with Crippen LogP contribution in [0.15, 0.2) is 23.4 Å². The van der Waals surface area contributed by atoms with Crippen molar-refractivity contribution in [1.82, 2.24) is 9.88 Å². The van der Waals surface area contributed by atoms with Crippen LogP contribution in [0.3, 0.4) is 0 Å². The summed E-state index contributed by atoms with van der Waals surface area (Å²) in [6.07, 6.45) is 4.34. The van der Waals surface area contributed by atoms with Crippen molar-refractivity contribution in [3.05, 3.63) is 23.9 Å². The van der Waals surface area contributed by atoms with Crippen LogP contribution >= 0.6 is 11.8 Å². The quantitative estimate of drug-likeness (QED) is 0.726. The van der Waals surface area contributed by atoms with Gasteiger partial charge in [-0.25, -0.2) is 4.98 Å². The number of pyridine rings is 1. The molecule has 132 valence electrons. The highest BCUT2D eigenvalue weighted by molar-refractivity contribution is 7.99. The molecule has 3 nitrogen and oxygen atoms in total. The summed E-state index contributed by atoms with van der Waals surface area (Å²) in [5.74, 6) is 0.335. The molecule has 1 aromatic rings. The van der Waals surface area contributed by atoms with E-state index in [0.29, 0.717) is 17.1 Å². The molecule has 2 aliphatic rings. The maximum atomic E-state index is 12.6. The van der Waals surface area contributed by atoms with Gasteiger partial charge in [0, 0.05) is 18.3 Å². The van der Waals surface area contributed by atoms with Gasteiger partial charge in [-0.2, -0.15) is 13.2 Å². The number of nitrogens with zero attached hydrogens (tertiary/aromatic N) is 2. The predicted octanol–water partition coefficient (Wildman–Crippen LogP) is 4.52. The van der Waals surface area contributed by atoms with Crippen LogP contribution in [-0.2, 0) is 11.0 Å². The van der Waals surface area contributed by atoms with Crippen LogP contribution in [0.1, 0.15) is 50.5 Å². The zero-order valence-corrected chi connectivity index (χ0v) is 14.2. The van der Waals surface area contributed by atoms with E-state index < -0.39 is 11.7 Å². The number of carbonyl (C=O) groups is 1. The van der Waals surface area contributed by atoms with Crippen LogP contribution in [0, 0.1) is 0 Å². The lowest BCUT2D eigenvalue weighted by atomic mass is 9.94. The molecule has 0 unspecified atom stereocenters. The first-order valence-electron chi connectivity index (χ1n) is 8.42. The summed E-state index contributed by atoms with van der Waals surface area (Å²) in [5.41, 5.74) is -0.764. The molecule has 24 heavy (non-hydrogen) atoms. The minimum absolute atomic E-state index is 0.0936. The molecule has 0 atom stereocenters. The number of halogens is 3. The Bertz CT molecular complexity index is 566. The molecule has 7 heteroatoms. The summed E-state index contributed by atoms with van der Waals surface area (Å²) in [6.45, 7) is 0. The van der Waals surface area contributed by atoms with Crippen LogP contribution in [0.25, 0.3) is 0 Å². The molecule has 2 saturated carbocycles. The summed E-state index contributed by atoms with van der Waals surface area (Å²) >= 11 is 1.22. The van der Waals surface area contributed by atoms with Gasteiger partial charge in [0.05, 0.1) is 16.3 Å². The Morgan fingerprint density at radius 3 is 2.33 bits per heavy atom. The number of carbonyl (C=O) groups excluding carboxylic acids is 1. The zero-order chi connectivity index (χ0) is 17.2. The summed E-state index contributed by atoms with van der Waals surface area (Å²) < 4.78 is 37.6. The number of amides is 1. The van der Waals surface area contributed by atoms with Gasteiger partial charge in [0.1, 0.15) is 0 Å². The van der Waals surface area contributed by atoms with E-state index in [1.165, 1.54) is 37.1 Å². The van der Waals surface area contributed by atoms with E-state index in [9.17, 15) is 18.0 Å². The molecule has 0 aliphatic heterocycles. The van der Waals surface area contributed by atoms with Crippen LogP contribution in [0.2, 0.25) is 0 Å². The van der Waals surface area contributed by atoms with Gasteiger partial charge < -0.3 is 4.90 Å². The molecule has 0 aromatic carbocycles. The molecule has 2 fully saturated rings. The van der Waals surface area contributed by atoms with Gasteiger partial charge in [0.25, 0.3) is 0 Å². The Hall–Kier alpha value is -1.24. The molecule has 0 bridgehead atoms. The SMILES string of the molecule is O=C(CSc1ccc(C(F)(F)F)cn1)N(C1CCCCC1)C1CC1. The monoisotopic (exact) mass is 358 g/mol. The normalized spacial score (nSPS) is 19.3. The second-order valence-corrected chi connectivity index (χ2v) is 7.49. The molecule has 1 aromatic heterocycles. The van der Waals surface area contributed by atoms with Crippen molar-refractivity contribution < 1.29 is 18.0 Å². The van der Waals surface area contributed by atoms with E-state index in [-0.39, 0.29) is 11.7 Å². The number of aromatic nitrogens is 1. The average molecular weight is 358 g/mol. The van der Waals surface area contributed by atoms with Crippen LogP contribution in [0.5, 0.6) is 0 Å². The third-order valence-corrected chi connectivity index (χ3v) is 5.53. The Morgan fingerprint density at radius 1 is 1.12 bits per heavy atom. The third-order valence-electron chi connectivity index (χ3n) is 4.60. The van der Waals surface area contributed by atoms with Crippen molar-refractivity contribution in [3.63, 3.8) is 0 Å². The standard InChI is InChI=1S/C17H21F3N2OS/c18-17(19,20)12-6-9-15(21-10-12)24-11-16(23)22(14-7-8-14)13-4-2-1-3-5-13/h6,9-10,13-14H,1-5,7-8,11H2. The van der Waals surface area contributed by atoms with Crippen molar-refractivity contribution in [1.29, 1.82) is 0 Å². The van der Waals surface area contributed by atoms with E-state index in [0.717, 1.165) is 37.9 Å². The number of thioether (sulfide) groups is 1. The fourth-order valence-corrected chi connectivity index (χ4v) is 3.97. The molecule has 0 N–H and O–H groups in total. The number of hydrogen-bond donors (Lipinski definition) is 0. The summed E-state index contributed by atoms with van der Waals surface area (Å²) in [6, 6.07) is 3.07. The van der Waals surface area contributed by atoms with Crippen LogP contribution in [-0.4, -0.2) is 33.6 Å². The lowest BCUT2D eigenvalue weighted by Gasteiger charge is -2.34. The van der Waals surface area contributed by atoms with Crippen molar-refractivity contribution in [2.24, 2.45) is 0 Å². The first-order chi connectivity index (χ1) is 11.4. The van der Waals surface area contributed by atoms with E-state index in [1.54, 1.807) is 0 Å². The molecule has 3 rings (SSSR count). The Balaban J connectivity index is 1.57. The highest BCUT2D eigenvalue weighted by atomic mass is 32.2. The van der Waals surface area contributed by atoms with Crippen molar-refractivity contribution in [3.8, 4) is 0 Å². The van der Waals surface area contributed by atoms with Gasteiger partial charge in [-0.05, 0) is 37.8 Å². The largest absolute Gasteiger partial charge is 0.417 e. The summed E-state index contributed by atoms with van der Waals surface area (Å²) in [5, 5.41) is 0.454. The number of hydrogen-bond acceptors (Lipinski definition) is 3. The van der Waals surface area contributed by atoms with Gasteiger partial charge in [-0.15, -0.1) is 0 Å². The summed E-state index contributed by atoms with van der Waals surface area (Å²) in [4.78, 5) is 18.5. The van der Waals surface area contributed by atoms with E-state index in [1.807, 2.05) is 0 Å². The maximum Gasteiger partial charge on any atom is 0.417 e. The Kier molecular flexibility index (Phi) is 5.37. The van der Waals surface area contributed by atoms with Gasteiger partial charge in [0.15, 0.2) is 0 Å². The minimum Gasteiger partial charge on any atom is -0.336 e. The van der Waals surface area contributed by atoms with Crippen molar-refractivity contribution in [2.75, 3.05) is 5.75 Å². The lowest BCUT2D eigenvalue weighted by molar-refractivity contribution is -0.138. The molecule has 1 amide bonds. The first kappa shape index (κ1) is 17.6. The highest BCUT2D eigenvalue weighted by Crippen LogP contribution is 2.35. The molecular formula is C17H21F3N2OS. The Morgan fingerprint density at radius 2 is 1.79 bits per heavy atom. The van der Waals surface area contributed by atoms with Gasteiger partial charge in [-0.3, -0.25) is 4.79 Å². The van der Waals surface area contributed by atoms with Crippen LogP contribution in [0.4, 0.5) is 13.2 Å². The fraction of sp³-hybridized carbons (Fsp3) is 0.647. The van der Waals surface area contributed by atoms with E-state index in [4.69, 9.17) is 0 Å². The number of rotatable bonds is 5. The van der Waals surface area contributed by atoms with Crippen molar-refractivity contribution >= 4 is 17.7 Å². The van der Waals surface area contributed by atoms with E-state index >= 15 is 0 Å². The second-order valence-electron chi connectivity index (χ2n) is 6.50. The van der Waals surface area contributed by atoms with Crippen molar-refractivity contribution in [2.45, 2.75) is 68.2 Å². The maximum absolute atomic E-state index is 12.6. The third kappa shape index (κ3) is 4.43. The fourth-order valence-electron chi connectivity index (χ4n) is 3.26. The van der Waals surface area contributed by atoms with E-state index in [2.05, 4.69) is 9.88 Å². The minimum atomic E-state index is -4.38. The lowest BCUT2D eigenvalue weighted by Crippen LogP contribution is -2.43. The second kappa shape index (κ2) is 7.33. The van der Waals surface area contributed by atoms with Crippen LogP contribution < -0.4 is 0 Å². The molecule has 0 spiro atoms. The molecular weight excluding hydrogens is 337 g/mol. The molecule has 0 radical (unpaired) electrons. The number of alkyl halides is 3. The topological polar surface area (TPSA) is 33.2 Å². The predicted molar refractivity (Wildman–Crippen MR) is 86.7 cm³/mol. The van der Waals surface area contributed by atoms with Gasteiger partial charge in [0.2, 0.25) is 5.91 Å². The molecule has 2 aliphatic carbocycles. The smallest absolute Gasteiger partial charge is 0.336 e. The van der Waals surface area contributed by atoms with Gasteiger partial charge in [-0.1, -0.05) is 31.0 Å². The molecule has 1 heterocycles. The van der Waals surface area contributed by atoms with Gasteiger partial charge >= 0.3 is 6.18 Å². The first-order valence-corrected chi connectivity index (χ1v) is 9.41. The Labute approximate surface area is 144 Å². The summed E-state index contributed by atoms with van der Waals surface area (Å²) in [7, 11) is 0. The zero-order valence-electron chi connectivity index (χ0n) is 13.4.